The summed E-state index contributed by atoms with van der Waals surface area (Å²) in [6.07, 6.45) is 12.3. The summed E-state index contributed by atoms with van der Waals surface area (Å²) in [4.78, 5) is 25.2. The molecule has 162 valence electrons. The first-order chi connectivity index (χ1) is 15.1. The molecule has 0 fully saturated rings. The molecule has 0 spiro atoms. The number of aryl methyl sites for hydroxylation is 2. The van der Waals surface area contributed by atoms with Gasteiger partial charge in [-0.3, -0.25) is 9.59 Å². The second-order valence-corrected chi connectivity index (χ2v) is 8.21. The monoisotopic (exact) mass is 417 g/mol. The Morgan fingerprint density at radius 1 is 0.774 bits per heavy atom. The Kier molecular flexibility index (Phi) is 8.34. The third-order valence-electron chi connectivity index (χ3n) is 5.59. The Labute approximate surface area is 185 Å². The Balaban J connectivity index is 1.54. The number of rotatable bonds is 12. The van der Waals surface area contributed by atoms with Gasteiger partial charge >= 0.3 is 0 Å². The molecule has 4 nitrogen and oxygen atoms in total. The molecule has 3 aromatic rings. The van der Waals surface area contributed by atoms with Gasteiger partial charge < -0.3 is 0 Å². The number of unbranched alkanes of at least 4 members (excludes halogenated alkanes) is 2. The highest BCUT2D eigenvalue weighted by Crippen LogP contribution is 2.10. The van der Waals surface area contributed by atoms with Gasteiger partial charge in [-0.2, -0.15) is 0 Å². The maximum atomic E-state index is 12.6. The zero-order chi connectivity index (χ0) is 22.1. The molecule has 31 heavy (non-hydrogen) atoms. The number of benzene rings is 2. The van der Waals surface area contributed by atoms with E-state index in [2.05, 4.69) is 13.8 Å². The molecule has 0 N–H and O–H groups in total. The fourth-order valence-corrected chi connectivity index (χ4v) is 3.62. The van der Waals surface area contributed by atoms with Gasteiger partial charge in [0, 0.05) is 11.1 Å². The van der Waals surface area contributed by atoms with Crippen LogP contribution in [0.5, 0.6) is 0 Å². The second-order valence-electron chi connectivity index (χ2n) is 8.21. The van der Waals surface area contributed by atoms with Crippen molar-refractivity contribution in [3.63, 3.8) is 0 Å². The molecule has 0 aliphatic heterocycles. The summed E-state index contributed by atoms with van der Waals surface area (Å²) in [7, 11) is 0. The molecule has 0 unspecified atom stereocenters. The Morgan fingerprint density at radius 3 is 1.81 bits per heavy atom. The zero-order valence-corrected chi connectivity index (χ0v) is 18.7. The summed E-state index contributed by atoms with van der Waals surface area (Å²) < 4.78 is 3.66. The molecular weight excluding hydrogens is 384 g/mol. The molecule has 0 atom stereocenters. The Morgan fingerprint density at radius 2 is 1.29 bits per heavy atom. The topological polar surface area (TPSA) is 43.0 Å². The molecule has 3 rings (SSSR count). The highest BCUT2D eigenvalue weighted by atomic mass is 16.1. The number of carbonyl (C=O) groups is 2. The number of hydrogen-bond donors (Lipinski definition) is 0. The number of imidazole rings is 1. The normalized spacial score (nSPS) is 10.9. The fraction of sp³-hybridized carbons (Fsp3) is 0.370. The summed E-state index contributed by atoms with van der Waals surface area (Å²) in [6, 6.07) is 15.8. The highest BCUT2D eigenvalue weighted by Gasteiger charge is 2.14. The van der Waals surface area contributed by atoms with Crippen molar-refractivity contribution in [2.75, 3.05) is 0 Å². The molecule has 2 aromatic carbocycles. The standard InChI is InChI=1S/C27H33N2O2/c1-3-5-7-22-9-13-24(14-10-22)26(30)19-28-17-18-29(21-28)20-27(31)25-15-11-23(12-16-25)8-6-4-2/h9-18,21H,3-8,19-20H2,1-2H3/q+1. The largest absolute Gasteiger partial charge is 0.290 e. The summed E-state index contributed by atoms with van der Waals surface area (Å²) >= 11 is 0. The molecular formula is C27H33N2O2+. The van der Waals surface area contributed by atoms with Crippen LogP contribution >= 0.6 is 0 Å². The van der Waals surface area contributed by atoms with E-state index in [1.165, 1.54) is 36.8 Å². The molecule has 0 saturated carbocycles. The highest BCUT2D eigenvalue weighted by molar-refractivity contribution is 5.96. The molecule has 1 aromatic heterocycles. The van der Waals surface area contributed by atoms with Crippen LogP contribution in [0, 0.1) is 0 Å². The zero-order valence-electron chi connectivity index (χ0n) is 18.7. The van der Waals surface area contributed by atoms with E-state index in [0.29, 0.717) is 0 Å². The van der Waals surface area contributed by atoms with Crippen molar-refractivity contribution >= 4 is 11.6 Å². The van der Waals surface area contributed by atoms with Crippen molar-refractivity contribution in [3.8, 4) is 0 Å². The first-order valence-corrected chi connectivity index (χ1v) is 11.4. The van der Waals surface area contributed by atoms with Crippen molar-refractivity contribution in [2.24, 2.45) is 0 Å². The maximum absolute atomic E-state index is 12.6. The minimum Gasteiger partial charge on any atom is -0.290 e. The quantitative estimate of drug-likeness (QED) is 0.299. The van der Waals surface area contributed by atoms with E-state index in [1.54, 1.807) is 0 Å². The Hall–Kier alpha value is -3.01. The van der Waals surface area contributed by atoms with Crippen LogP contribution in [0.1, 0.15) is 71.4 Å². The van der Waals surface area contributed by atoms with Gasteiger partial charge in [0.1, 0.15) is 12.4 Å². The average Bonchev–Trinajstić information content (AvgIpc) is 3.23. The first-order valence-electron chi connectivity index (χ1n) is 11.4. The lowest BCUT2D eigenvalue weighted by atomic mass is 10.0. The van der Waals surface area contributed by atoms with Crippen LogP contribution in [0.25, 0.3) is 0 Å². The first kappa shape index (κ1) is 22.7. The van der Waals surface area contributed by atoms with Crippen LogP contribution in [0.15, 0.2) is 67.3 Å². The van der Waals surface area contributed by atoms with Crippen molar-refractivity contribution < 1.29 is 14.2 Å². The predicted molar refractivity (Wildman–Crippen MR) is 123 cm³/mol. The van der Waals surface area contributed by atoms with Crippen LogP contribution in [0.4, 0.5) is 0 Å². The van der Waals surface area contributed by atoms with Gasteiger partial charge in [0.15, 0.2) is 13.1 Å². The minimum atomic E-state index is 0.0683. The molecule has 0 saturated heterocycles. The lowest BCUT2D eigenvalue weighted by Gasteiger charge is -2.03. The maximum Gasteiger partial charge on any atom is 0.244 e. The molecule has 0 bridgehead atoms. The van der Waals surface area contributed by atoms with Crippen LogP contribution in [0.2, 0.25) is 0 Å². The smallest absolute Gasteiger partial charge is 0.244 e. The lowest BCUT2D eigenvalue weighted by molar-refractivity contribution is -0.682. The van der Waals surface area contributed by atoms with Crippen molar-refractivity contribution in [1.29, 1.82) is 0 Å². The number of ketones is 2. The van der Waals surface area contributed by atoms with Crippen LogP contribution < -0.4 is 4.57 Å². The van der Waals surface area contributed by atoms with Crippen LogP contribution in [-0.2, 0) is 25.9 Å². The summed E-state index contributed by atoms with van der Waals surface area (Å²) in [5.41, 5.74) is 3.99. The third-order valence-corrected chi connectivity index (χ3v) is 5.59. The van der Waals surface area contributed by atoms with E-state index in [0.717, 1.165) is 24.0 Å². The second kappa shape index (κ2) is 11.4. The fourth-order valence-electron chi connectivity index (χ4n) is 3.62. The lowest BCUT2D eigenvalue weighted by Crippen LogP contribution is -2.36. The van der Waals surface area contributed by atoms with Crippen molar-refractivity contribution in [3.05, 3.63) is 89.5 Å². The summed E-state index contributed by atoms with van der Waals surface area (Å²) in [5, 5.41) is 0. The van der Waals surface area contributed by atoms with Gasteiger partial charge in [-0.05, 0) is 36.8 Å². The Bertz CT molecular complexity index is 905. The van der Waals surface area contributed by atoms with E-state index in [9.17, 15) is 9.59 Å². The minimum absolute atomic E-state index is 0.0683. The van der Waals surface area contributed by atoms with Crippen LogP contribution in [-0.4, -0.2) is 16.1 Å². The van der Waals surface area contributed by atoms with Crippen molar-refractivity contribution in [2.45, 2.75) is 65.5 Å². The molecule has 0 aliphatic carbocycles. The van der Waals surface area contributed by atoms with E-state index in [4.69, 9.17) is 0 Å². The summed E-state index contributed by atoms with van der Waals surface area (Å²) in [6.45, 7) is 4.89. The average molecular weight is 418 g/mol. The van der Waals surface area contributed by atoms with E-state index in [1.807, 2.05) is 76.4 Å². The number of carbonyl (C=O) groups excluding carboxylic acids is 2. The third kappa shape index (κ3) is 6.74. The van der Waals surface area contributed by atoms with Gasteiger partial charge in [-0.25, -0.2) is 9.13 Å². The molecule has 4 heteroatoms. The van der Waals surface area contributed by atoms with Gasteiger partial charge in [0.25, 0.3) is 0 Å². The number of aromatic nitrogens is 2. The summed E-state index contributed by atoms with van der Waals surface area (Å²) in [5.74, 6) is 0.137. The number of hydrogen-bond acceptors (Lipinski definition) is 2. The van der Waals surface area contributed by atoms with E-state index >= 15 is 0 Å². The molecule has 1 heterocycles. The van der Waals surface area contributed by atoms with Gasteiger partial charge in [-0.1, -0.05) is 75.2 Å². The van der Waals surface area contributed by atoms with Gasteiger partial charge in [0.2, 0.25) is 17.9 Å². The number of Topliss-reactive ketones (excluding diaryl/α,β-unsaturated/α-hetero) is 2. The molecule has 0 radical (unpaired) electrons. The SMILES string of the molecule is CCCCc1ccc(C(=O)Cn2cc[n+](CC(=O)c3ccc(CCCC)cc3)c2)cc1. The van der Waals surface area contributed by atoms with Crippen molar-refractivity contribution in [1.82, 2.24) is 4.57 Å². The van der Waals surface area contributed by atoms with Gasteiger partial charge in [0.05, 0.1) is 0 Å². The number of nitrogens with zero attached hydrogens (tertiary/aromatic N) is 2. The van der Waals surface area contributed by atoms with Gasteiger partial charge in [-0.15, -0.1) is 0 Å². The van der Waals surface area contributed by atoms with Crippen LogP contribution in [0.3, 0.4) is 0 Å². The molecule has 0 amide bonds. The predicted octanol–water partition coefficient (Wildman–Crippen LogP) is 5.23. The molecule has 0 aliphatic rings. The van der Waals surface area contributed by atoms with E-state index in [-0.39, 0.29) is 24.7 Å². The van der Waals surface area contributed by atoms with E-state index < -0.39 is 0 Å².